The van der Waals surface area contributed by atoms with Crippen molar-refractivity contribution < 1.29 is 0 Å². The average Bonchev–Trinajstić information content (AvgIpc) is 3.06. The quantitative estimate of drug-likeness (QED) is 0.378. The number of halogens is 1. The number of hydrogen-bond donors (Lipinski definition) is 0. The molecule has 2 aliphatic carbocycles. The van der Waals surface area contributed by atoms with Crippen molar-refractivity contribution in [3.05, 3.63) is 136 Å². The van der Waals surface area contributed by atoms with Crippen LogP contribution >= 0.6 is 11.6 Å². The molecular weight excluding hydrogens is 410 g/mol. The van der Waals surface area contributed by atoms with Gasteiger partial charge in [-0.1, -0.05) is 96.5 Å². The molecule has 154 valence electrons. The van der Waals surface area contributed by atoms with Crippen LogP contribution in [0.2, 0.25) is 0 Å². The van der Waals surface area contributed by atoms with E-state index in [9.17, 15) is 5.26 Å². The van der Waals surface area contributed by atoms with Gasteiger partial charge in [-0.25, -0.2) is 0 Å². The second-order valence-electron chi connectivity index (χ2n) is 8.25. The van der Waals surface area contributed by atoms with Crippen LogP contribution in [-0.2, 0) is 5.41 Å². The Balaban J connectivity index is 1.85. The first kappa shape index (κ1) is 20.3. The van der Waals surface area contributed by atoms with Crippen molar-refractivity contribution in [3.63, 3.8) is 0 Å². The monoisotopic (exact) mass is 431 g/mol. The number of hydrogen-bond acceptors (Lipinski definition) is 1. The van der Waals surface area contributed by atoms with Crippen LogP contribution in [0.25, 0.3) is 17.2 Å². The molecule has 1 unspecified atom stereocenters. The first-order valence-corrected chi connectivity index (χ1v) is 11.1. The lowest BCUT2D eigenvalue weighted by Crippen LogP contribution is -2.28. The van der Waals surface area contributed by atoms with E-state index in [1.165, 1.54) is 27.8 Å². The van der Waals surface area contributed by atoms with Crippen molar-refractivity contribution in [1.82, 2.24) is 0 Å². The van der Waals surface area contributed by atoms with Gasteiger partial charge in [0.15, 0.2) is 0 Å². The molecule has 1 atom stereocenters. The summed E-state index contributed by atoms with van der Waals surface area (Å²) in [5, 5.41) is 10.8. The highest BCUT2D eigenvalue weighted by atomic mass is 35.5. The van der Waals surface area contributed by atoms with Crippen LogP contribution in [0.4, 0.5) is 0 Å². The third-order valence-electron chi connectivity index (χ3n) is 6.56. The molecule has 32 heavy (non-hydrogen) atoms. The van der Waals surface area contributed by atoms with Crippen LogP contribution in [0.3, 0.4) is 0 Å². The summed E-state index contributed by atoms with van der Waals surface area (Å²) in [4.78, 5) is 0. The Bertz CT molecular complexity index is 1370. The van der Waals surface area contributed by atoms with E-state index in [-0.39, 0.29) is 0 Å². The van der Waals surface area contributed by atoms with Crippen molar-refractivity contribution >= 4 is 28.8 Å². The fourth-order valence-corrected chi connectivity index (χ4v) is 5.35. The van der Waals surface area contributed by atoms with E-state index in [1.807, 2.05) is 42.5 Å². The molecule has 5 rings (SSSR count). The highest BCUT2D eigenvalue weighted by Gasteiger charge is 2.45. The minimum atomic E-state index is -0.390. The molecule has 3 aromatic rings. The number of nitrogens with zero attached hydrogens (tertiary/aromatic N) is 1. The Morgan fingerprint density at radius 1 is 0.938 bits per heavy atom. The van der Waals surface area contributed by atoms with E-state index < -0.39 is 5.41 Å². The Morgan fingerprint density at radius 2 is 1.62 bits per heavy atom. The van der Waals surface area contributed by atoms with E-state index in [1.54, 1.807) is 0 Å². The zero-order valence-corrected chi connectivity index (χ0v) is 18.6. The lowest BCUT2D eigenvalue weighted by atomic mass is 9.67. The lowest BCUT2D eigenvalue weighted by Gasteiger charge is -2.35. The van der Waals surface area contributed by atoms with E-state index in [0.717, 1.165) is 22.6 Å². The second-order valence-corrected chi connectivity index (χ2v) is 8.68. The molecule has 0 fully saturated rings. The second kappa shape index (κ2) is 8.15. The van der Waals surface area contributed by atoms with E-state index in [0.29, 0.717) is 5.57 Å². The molecule has 2 heteroatoms. The first-order chi connectivity index (χ1) is 15.6. The summed E-state index contributed by atoms with van der Waals surface area (Å²) in [5.74, 6) is 0. The average molecular weight is 432 g/mol. The normalized spacial score (nSPS) is 22.3. The molecule has 0 N–H and O–H groups in total. The molecule has 0 amide bonds. The van der Waals surface area contributed by atoms with Gasteiger partial charge in [-0.3, -0.25) is 0 Å². The van der Waals surface area contributed by atoms with Crippen LogP contribution in [0, 0.1) is 11.3 Å². The predicted molar refractivity (Wildman–Crippen MR) is 134 cm³/mol. The number of benzene rings is 3. The van der Waals surface area contributed by atoms with Crippen LogP contribution in [-0.4, -0.2) is 0 Å². The van der Waals surface area contributed by atoms with Crippen LogP contribution in [0.15, 0.2) is 108 Å². The van der Waals surface area contributed by atoms with Crippen molar-refractivity contribution in [2.45, 2.75) is 18.8 Å². The maximum absolute atomic E-state index is 10.1. The first-order valence-electron chi connectivity index (χ1n) is 10.8. The van der Waals surface area contributed by atoms with E-state index in [4.69, 9.17) is 11.6 Å². The Kier molecular flexibility index (Phi) is 5.17. The van der Waals surface area contributed by atoms with Crippen molar-refractivity contribution in [1.29, 1.82) is 5.26 Å². The van der Waals surface area contributed by atoms with Crippen molar-refractivity contribution in [3.8, 4) is 6.07 Å². The molecular formula is C30H22ClN. The Labute approximate surface area is 194 Å². The summed E-state index contributed by atoms with van der Waals surface area (Å²) < 4.78 is 0. The van der Waals surface area contributed by atoms with Crippen LogP contribution < -0.4 is 0 Å². The molecule has 0 aromatic heterocycles. The van der Waals surface area contributed by atoms with Gasteiger partial charge < -0.3 is 0 Å². The third kappa shape index (κ3) is 3.16. The SMILES string of the molecule is CC1=C(/C=C(/C#N)c2ccccc2)C2(C/C=C\C(Cl)=C/c3ccccc32)c2ccccc21. The molecule has 0 saturated heterocycles. The van der Waals surface area contributed by atoms with Crippen LogP contribution in [0.5, 0.6) is 0 Å². The minimum absolute atomic E-state index is 0.390. The smallest absolute Gasteiger partial charge is 0.0998 e. The topological polar surface area (TPSA) is 23.8 Å². The molecule has 0 aliphatic heterocycles. The number of rotatable bonds is 2. The molecule has 0 saturated carbocycles. The molecule has 2 aliphatic rings. The standard InChI is InChI=1S/C30H22ClN/c1-21-26-14-6-8-16-28(26)30(29(21)19-24(20-32)22-10-3-2-4-11-22)17-9-13-25(31)18-23-12-5-7-15-27(23)30/h2-16,18-19H,17H2,1H3/b13-9-,24-19-,25-18+. The van der Waals surface area contributed by atoms with Gasteiger partial charge in [0, 0.05) is 5.03 Å². The third-order valence-corrected chi connectivity index (χ3v) is 6.80. The van der Waals surface area contributed by atoms with Gasteiger partial charge in [-0.2, -0.15) is 5.26 Å². The summed E-state index contributed by atoms with van der Waals surface area (Å²) in [6.45, 7) is 2.17. The molecule has 0 heterocycles. The zero-order valence-electron chi connectivity index (χ0n) is 17.8. The highest BCUT2D eigenvalue weighted by molar-refractivity contribution is 6.33. The van der Waals surface area contributed by atoms with Gasteiger partial charge in [0.2, 0.25) is 0 Å². The number of nitriles is 1. The van der Waals surface area contributed by atoms with Crippen LogP contribution in [0.1, 0.15) is 41.2 Å². The molecule has 0 radical (unpaired) electrons. The molecule has 1 nitrogen and oxygen atoms in total. The number of fused-ring (bicyclic) bond motifs is 4. The van der Waals surface area contributed by atoms with Gasteiger partial charge in [0.1, 0.15) is 0 Å². The van der Waals surface area contributed by atoms with Crippen molar-refractivity contribution in [2.24, 2.45) is 0 Å². The fourth-order valence-electron chi connectivity index (χ4n) is 5.14. The lowest BCUT2D eigenvalue weighted by molar-refractivity contribution is 0.637. The van der Waals surface area contributed by atoms with E-state index in [2.05, 4.69) is 73.7 Å². The minimum Gasteiger partial charge on any atom is -0.192 e. The maximum atomic E-state index is 10.1. The maximum Gasteiger partial charge on any atom is 0.0998 e. The predicted octanol–water partition coefficient (Wildman–Crippen LogP) is 7.91. The van der Waals surface area contributed by atoms with Gasteiger partial charge >= 0.3 is 0 Å². The summed E-state index contributed by atoms with van der Waals surface area (Å²) in [6, 6.07) is 29.4. The summed E-state index contributed by atoms with van der Waals surface area (Å²) in [7, 11) is 0. The van der Waals surface area contributed by atoms with Gasteiger partial charge in [0.25, 0.3) is 0 Å². The Hall–Kier alpha value is -3.60. The largest absolute Gasteiger partial charge is 0.192 e. The molecule has 1 spiro atoms. The summed E-state index contributed by atoms with van der Waals surface area (Å²) in [5.41, 5.74) is 8.42. The number of allylic oxidation sites excluding steroid dienone is 7. The Morgan fingerprint density at radius 3 is 2.41 bits per heavy atom. The van der Waals surface area contributed by atoms with Crippen molar-refractivity contribution in [2.75, 3.05) is 0 Å². The summed E-state index contributed by atoms with van der Waals surface area (Å²) in [6.07, 6.45) is 9.05. The fraction of sp³-hybridized carbons (Fsp3) is 0.100. The van der Waals surface area contributed by atoms with Gasteiger partial charge in [-0.15, -0.1) is 0 Å². The van der Waals surface area contributed by atoms with E-state index >= 15 is 0 Å². The molecule has 3 aromatic carbocycles. The van der Waals surface area contributed by atoms with Gasteiger partial charge in [0.05, 0.1) is 17.1 Å². The zero-order chi connectivity index (χ0) is 22.1. The molecule has 0 bridgehead atoms. The summed E-state index contributed by atoms with van der Waals surface area (Å²) >= 11 is 6.48. The highest BCUT2D eigenvalue weighted by Crippen LogP contribution is 2.55. The van der Waals surface area contributed by atoms with Gasteiger partial charge in [-0.05, 0) is 70.5 Å².